The maximum Gasteiger partial charge on any atom is 0.250 e. The molecule has 0 saturated carbocycles. The number of halogens is 1. The zero-order chi connectivity index (χ0) is 27.7. The molecule has 2 N–H and O–H groups in total. The predicted octanol–water partition coefficient (Wildman–Crippen LogP) is 5.70. The smallest absolute Gasteiger partial charge is 0.250 e. The van der Waals surface area contributed by atoms with Gasteiger partial charge in [-0.15, -0.1) is 0 Å². The van der Waals surface area contributed by atoms with Crippen LogP contribution in [0.25, 0.3) is 5.69 Å². The van der Waals surface area contributed by atoms with E-state index in [1.807, 2.05) is 63.2 Å². The minimum absolute atomic E-state index is 0.0178. The van der Waals surface area contributed by atoms with Crippen LogP contribution in [0.5, 0.6) is 0 Å². The number of carbonyl (C=O) groups is 1. The molecule has 0 bridgehead atoms. The van der Waals surface area contributed by atoms with Crippen molar-refractivity contribution in [2.45, 2.75) is 32.9 Å². The average Bonchev–Trinajstić information content (AvgIpc) is 3.40. The minimum Gasteiger partial charge on any atom is -0.375 e. The van der Waals surface area contributed by atoms with Crippen LogP contribution in [-0.2, 0) is 9.53 Å². The van der Waals surface area contributed by atoms with Crippen LogP contribution < -0.4 is 15.5 Å². The summed E-state index contributed by atoms with van der Waals surface area (Å²) in [5.41, 5.74) is 7.13. The van der Waals surface area contributed by atoms with Gasteiger partial charge in [0.25, 0.3) is 0 Å². The number of carbonyl (C=O) groups excluding carboxylic acids is 1. The van der Waals surface area contributed by atoms with E-state index in [-0.39, 0.29) is 30.4 Å². The van der Waals surface area contributed by atoms with Crippen LogP contribution >= 0.6 is 12.2 Å². The van der Waals surface area contributed by atoms with Gasteiger partial charge in [-0.1, -0.05) is 12.1 Å². The number of hydrogen-bond acceptors (Lipinski definition) is 4. The molecule has 200 valence electrons. The molecular weight excluding hydrogens is 513 g/mol. The Morgan fingerprint density at radius 2 is 1.90 bits per heavy atom. The number of aromatic nitrogens is 2. The van der Waals surface area contributed by atoms with E-state index in [0.29, 0.717) is 10.8 Å². The summed E-state index contributed by atoms with van der Waals surface area (Å²) in [6.07, 6.45) is 1.78. The van der Waals surface area contributed by atoms with Gasteiger partial charge < -0.3 is 24.8 Å². The SMILES string of the molecule is COCC(=O)Nc1ccc(N2C(=S)N[C@@H](c3ccccn3)[C@H]2c2cc(C)n(-c3cccc(F)c3)c2C)cc1C. The molecule has 1 amide bonds. The fraction of sp³-hybridized carbons (Fsp3) is 0.233. The monoisotopic (exact) mass is 543 g/mol. The van der Waals surface area contributed by atoms with Crippen molar-refractivity contribution >= 4 is 34.6 Å². The van der Waals surface area contributed by atoms with Crippen molar-refractivity contribution in [1.29, 1.82) is 0 Å². The summed E-state index contributed by atoms with van der Waals surface area (Å²) in [4.78, 5) is 18.8. The van der Waals surface area contributed by atoms with E-state index in [4.69, 9.17) is 17.0 Å². The van der Waals surface area contributed by atoms with Crippen molar-refractivity contribution in [2.75, 3.05) is 23.9 Å². The van der Waals surface area contributed by atoms with E-state index in [0.717, 1.165) is 39.6 Å². The van der Waals surface area contributed by atoms with E-state index in [1.165, 1.54) is 19.2 Å². The van der Waals surface area contributed by atoms with Crippen molar-refractivity contribution < 1.29 is 13.9 Å². The van der Waals surface area contributed by atoms with Gasteiger partial charge in [-0.3, -0.25) is 9.78 Å². The summed E-state index contributed by atoms with van der Waals surface area (Å²) in [5.74, 6) is -0.504. The van der Waals surface area contributed by atoms with Crippen LogP contribution in [0.4, 0.5) is 15.8 Å². The minimum atomic E-state index is -0.286. The normalized spacial score (nSPS) is 16.8. The number of methoxy groups -OCH3 is 1. The number of rotatable bonds is 7. The lowest BCUT2D eigenvalue weighted by atomic mass is 9.96. The molecule has 0 unspecified atom stereocenters. The van der Waals surface area contributed by atoms with Gasteiger partial charge in [0.05, 0.1) is 17.8 Å². The van der Waals surface area contributed by atoms with E-state index >= 15 is 0 Å². The molecular formula is C30H30FN5O2S. The summed E-state index contributed by atoms with van der Waals surface area (Å²) in [7, 11) is 1.49. The molecule has 1 saturated heterocycles. The molecule has 39 heavy (non-hydrogen) atoms. The topological polar surface area (TPSA) is 71.4 Å². The Morgan fingerprint density at radius 3 is 2.59 bits per heavy atom. The molecule has 0 radical (unpaired) electrons. The van der Waals surface area contributed by atoms with Gasteiger partial charge in [-0.25, -0.2) is 4.39 Å². The second-order valence-electron chi connectivity index (χ2n) is 9.62. The van der Waals surface area contributed by atoms with Gasteiger partial charge in [0.15, 0.2) is 5.11 Å². The van der Waals surface area contributed by atoms with Crippen LogP contribution in [0, 0.1) is 26.6 Å². The zero-order valence-corrected chi connectivity index (χ0v) is 23.1. The van der Waals surface area contributed by atoms with Crippen molar-refractivity contribution in [2.24, 2.45) is 0 Å². The molecule has 4 aromatic rings. The third kappa shape index (κ3) is 5.15. The van der Waals surface area contributed by atoms with Crippen molar-refractivity contribution in [3.8, 4) is 5.69 Å². The van der Waals surface area contributed by atoms with E-state index in [1.54, 1.807) is 12.3 Å². The third-order valence-electron chi connectivity index (χ3n) is 6.99. The Labute approximate surface area is 232 Å². The largest absolute Gasteiger partial charge is 0.375 e. The Hall–Kier alpha value is -4.08. The van der Waals surface area contributed by atoms with Crippen LogP contribution in [0.1, 0.15) is 40.3 Å². The summed E-state index contributed by atoms with van der Waals surface area (Å²) < 4.78 is 21.1. The average molecular weight is 544 g/mol. The Bertz CT molecular complexity index is 1540. The Balaban J connectivity index is 1.61. The summed E-state index contributed by atoms with van der Waals surface area (Å²) in [5, 5.41) is 6.95. The highest BCUT2D eigenvalue weighted by Crippen LogP contribution is 2.44. The maximum absolute atomic E-state index is 14.1. The van der Waals surface area contributed by atoms with E-state index in [9.17, 15) is 9.18 Å². The van der Waals surface area contributed by atoms with E-state index < -0.39 is 0 Å². The molecule has 5 rings (SSSR count). The number of benzene rings is 2. The second kappa shape index (κ2) is 11.0. The lowest BCUT2D eigenvalue weighted by Gasteiger charge is -2.29. The molecule has 7 nitrogen and oxygen atoms in total. The van der Waals surface area contributed by atoms with Gasteiger partial charge in [-0.2, -0.15) is 0 Å². The number of nitrogens with one attached hydrogen (secondary N) is 2. The summed E-state index contributed by atoms with van der Waals surface area (Å²) in [6, 6.07) is 20.0. The van der Waals surface area contributed by atoms with Crippen LogP contribution in [0.3, 0.4) is 0 Å². The first kappa shape index (κ1) is 26.5. The number of anilines is 2. The maximum atomic E-state index is 14.1. The van der Waals surface area contributed by atoms with Gasteiger partial charge in [-0.05, 0) is 98.7 Å². The van der Waals surface area contributed by atoms with Gasteiger partial charge in [0.1, 0.15) is 12.4 Å². The second-order valence-corrected chi connectivity index (χ2v) is 10.0. The van der Waals surface area contributed by atoms with Crippen molar-refractivity contribution in [3.05, 3.63) is 107 Å². The predicted molar refractivity (Wildman–Crippen MR) is 155 cm³/mol. The van der Waals surface area contributed by atoms with Crippen molar-refractivity contribution in [1.82, 2.24) is 14.9 Å². The van der Waals surface area contributed by atoms with Crippen LogP contribution in [0.2, 0.25) is 0 Å². The molecule has 1 fully saturated rings. The molecule has 2 aromatic carbocycles. The van der Waals surface area contributed by atoms with Gasteiger partial charge in [0.2, 0.25) is 5.91 Å². The Kier molecular flexibility index (Phi) is 7.45. The highest BCUT2D eigenvalue weighted by molar-refractivity contribution is 7.80. The zero-order valence-electron chi connectivity index (χ0n) is 22.2. The molecule has 2 atom stereocenters. The quantitative estimate of drug-likeness (QED) is 0.292. The lowest BCUT2D eigenvalue weighted by Crippen LogP contribution is -2.29. The molecule has 2 aromatic heterocycles. The fourth-order valence-electron chi connectivity index (χ4n) is 5.30. The first-order valence-electron chi connectivity index (χ1n) is 12.6. The molecule has 0 spiro atoms. The molecule has 1 aliphatic heterocycles. The summed E-state index contributed by atoms with van der Waals surface area (Å²) >= 11 is 5.90. The van der Waals surface area contributed by atoms with E-state index in [2.05, 4.69) is 31.2 Å². The summed E-state index contributed by atoms with van der Waals surface area (Å²) in [6.45, 7) is 5.99. The first-order valence-corrected chi connectivity index (χ1v) is 13.0. The number of amides is 1. The highest BCUT2D eigenvalue weighted by atomic mass is 32.1. The number of pyridine rings is 1. The number of ether oxygens (including phenoxy) is 1. The lowest BCUT2D eigenvalue weighted by molar-refractivity contribution is -0.119. The third-order valence-corrected chi connectivity index (χ3v) is 7.31. The number of thiocarbonyl (C=S) groups is 1. The number of hydrogen-bond donors (Lipinski definition) is 2. The van der Waals surface area contributed by atoms with Crippen LogP contribution in [-0.4, -0.2) is 34.3 Å². The van der Waals surface area contributed by atoms with Crippen LogP contribution in [0.15, 0.2) is 72.9 Å². The molecule has 9 heteroatoms. The fourth-order valence-corrected chi connectivity index (χ4v) is 5.65. The molecule has 1 aliphatic rings. The van der Waals surface area contributed by atoms with Gasteiger partial charge in [0, 0.05) is 41.8 Å². The van der Waals surface area contributed by atoms with Gasteiger partial charge >= 0.3 is 0 Å². The highest BCUT2D eigenvalue weighted by Gasteiger charge is 2.42. The standard InChI is InChI=1S/C30H30FN5O2S/c1-18-14-23(11-12-25(18)33-27(37)17-38-4)36-29(28(34-30(36)39)26-10-5-6-13-32-26)24-15-19(2)35(20(24)3)22-9-7-8-21(31)16-22/h5-16,28-29H,17H2,1-4H3,(H,33,37)(H,34,39)/t28-,29+/m0/s1. The molecule has 3 heterocycles. The molecule has 0 aliphatic carbocycles. The number of aryl methyl sites for hydroxylation is 2. The Morgan fingerprint density at radius 1 is 1.08 bits per heavy atom. The number of nitrogens with zero attached hydrogens (tertiary/aromatic N) is 3. The first-order chi connectivity index (χ1) is 18.8. The van der Waals surface area contributed by atoms with Crippen molar-refractivity contribution in [3.63, 3.8) is 0 Å².